The van der Waals surface area contributed by atoms with E-state index in [9.17, 15) is 14.9 Å². The van der Waals surface area contributed by atoms with Crippen molar-refractivity contribution in [2.24, 2.45) is 0 Å². The van der Waals surface area contributed by atoms with Crippen molar-refractivity contribution in [3.63, 3.8) is 0 Å². The van der Waals surface area contributed by atoms with Crippen LogP contribution in [0.2, 0.25) is 0 Å². The Morgan fingerprint density at radius 3 is 2.55 bits per heavy atom. The third kappa shape index (κ3) is 3.90. The summed E-state index contributed by atoms with van der Waals surface area (Å²) in [6, 6.07) is 5.48. The lowest BCUT2D eigenvalue weighted by molar-refractivity contribution is -0.115. The smallest absolute Gasteiger partial charge is 0.251 e. The number of hydrogen-bond donors (Lipinski definition) is 1. The topological polar surface area (TPSA) is 87.8 Å². The quantitative estimate of drug-likeness (QED) is 0.866. The molecule has 1 aliphatic rings. The van der Waals surface area contributed by atoms with Crippen LogP contribution in [0.3, 0.4) is 0 Å². The number of Topliss-reactive ketones (excluding diaryl/α,β-unsaturated/α-hetero) is 1. The van der Waals surface area contributed by atoms with Crippen molar-refractivity contribution in [2.45, 2.75) is 41.0 Å². The highest BCUT2D eigenvalue weighted by Gasteiger charge is 2.21. The number of ketones is 1. The van der Waals surface area contributed by atoms with Crippen molar-refractivity contribution >= 4 is 11.7 Å². The maximum atomic E-state index is 13.0. The Morgan fingerprint density at radius 2 is 1.97 bits per heavy atom. The van der Waals surface area contributed by atoms with Crippen molar-refractivity contribution in [3.8, 4) is 11.8 Å². The fourth-order valence-corrected chi connectivity index (χ4v) is 3.74. The molecule has 1 aliphatic carbocycles. The zero-order chi connectivity index (χ0) is 21.3. The molecule has 148 valence electrons. The maximum Gasteiger partial charge on any atom is 0.251 e. The molecule has 1 aromatic carbocycles. The zero-order valence-electron chi connectivity index (χ0n) is 17.4. The van der Waals surface area contributed by atoms with Crippen LogP contribution >= 0.6 is 0 Å². The number of imidazole rings is 1. The summed E-state index contributed by atoms with van der Waals surface area (Å²) in [6.07, 6.45) is 4.12. The molecule has 0 radical (unpaired) electrons. The first-order valence-corrected chi connectivity index (χ1v) is 9.47. The molecule has 0 saturated heterocycles. The van der Waals surface area contributed by atoms with Gasteiger partial charge in [-0.3, -0.25) is 9.59 Å². The van der Waals surface area contributed by atoms with Crippen LogP contribution < -0.4 is 5.32 Å². The van der Waals surface area contributed by atoms with Crippen LogP contribution in [0.5, 0.6) is 0 Å². The van der Waals surface area contributed by atoms with Crippen LogP contribution in [0.4, 0.5) is 0 Å². The molecule has 0 saturated carbocycles. The summed E-state index contributed by atoms with van der Waals surface area (Å²) in [7, 11) is 0. The zero-order valence-corrected chi connectivity index (χ0v) is 17.4. The van der Waals surface area contributed by atoms with E-state index >= 15 is 0 Å². The summed E-state index contributed by atoms with van der Waals surface area (Å²) in [4.78, 5) is 29.6. The van der Waals surface area contributed by atoms with Gasteiger partial charge in [0.2, 0.25) is 0 Å². The van der Waals surface area contributed by atoms with Crippen LogP contribution in [-0.4, -0.2) is 27.8 Å². The molecule has 1 amide bonds. The molecule has 29 heavy (non-hydrogen) atoms. The van der Waals surface area contributed by atoms with Crippen molar-refractivity contribution in [1.82, 2.24) is 14.9 Å². The lowest BCUT2D eigenvalue weighted by Crippen LogP contribution is -2.30. The van der Waals surface area contributed by atoms with Crippen LogP contribution in [0.25, 0.3) is 5.69 Å². The molecule has 2 aromatic rings. The second-order valence-electron chi connectivity index (χ2n) is 7.50. The summed E-state index contributed by atoms with van der Waals surface area (Å²) >= 11 is 0. The number of carbonyl (C=O) groups excluding carboxylic acids is 2. The Hall–Kier alpha value is -3.46. The third-order valence-corrected chi connectivity index (χ3v) is 5.25. The van der Waals surface area contributed by atoms with Crippen LogP contribution in [0, 0.1) is 32.1 Å². The van der Waals surface area contributed by atoms with Crippen molar-refractivity contribution < 1.29 is 9.59 Å². The second kappa shape index (κ2) is 7.88. The molecule has 1 aromatic heterocycles. The molecular formula is C23H24N4O2. The van der Waals surface area contributed by atoms with E-state index in [1.54, 1.807) is 18.3 Å². The third-order valence-electron chi connectivity index (χ3n) is 5.25. The predicted molar refractivity (Wildman–Crippen MR) is 111 cm³/mol. The van der Waals surface area contributed by atoms with Crippen molar-refractivity contribution in [3.05, 3.63) is 69.3 Å². The maximum absolute atomic E-state index is 13.0. The van der Waals surface area contributed by atoms with E-state index in [2.05, 4.69) is 16.4 Å². The minimum absolute atomic E-state index is 0.0376. The molecule has 0 fully saturated rings. The van der Waals surface area contributed by atoms with Gasteiger partial charge in [-0.2, -0.15) is 5.26 Å². The molecule has 6 heteroatoms. The number of aromatic nitrogens is 2. The molecule has 0 aliphatic heterocycles. The number of nitriles is 1. The minimum Gasteiger partial charge on any atom is -0.348 e. The number of nitrogens with zero attached hydrogens (tertiary/aromatic N) is 3. The van der Waals surface area contributed by atoms with E-state index in [1.165, 1.54) is 0 Å². The van der Waals surface area contributed by atoms with Gasteiger partial charge in [-0.25, -0.2) is 4.98 Å². The van der Waals surface area contributed by atoms with Gasteiger partial charge >= 0.3 is 0 Å². The number of carbonyl (C=O) groups is 2. The number of benzene rings is 1. The van der Waals surface area contributed by atoms with Gasteiger partial charge in [0.15, 0.2) is 5.78 Å². The predicted octanol–water partition coefficient (Wildman–Crippen LogP) is 3.63. The summed E-state index contributed by atoms with van der Waals surface area (Å²) in [5.41, 5.74) is 5.77. The van der Waals surface area contributed by atoms with Crippen molar-refractivity contribution in [1.29, 1.82) is 5.26 Å². The van der Waals surface area contributed by atoms with Gasteiger partial charge in [0.1, 0.15) is 5.82 Å². The van der Waals surface area contributed by atoms with Gasteiger partial charge in [0.05, 0.1) is 17.3 Å². The Labute approximate surface area is 170 Å². The summed E-state index contributed by atoms with van der Waals surface area (Å²) in [6.45, 7) is 9.64. The lowest BCUT2D eigenvalue weighted by Gasteiger charge is -2.18. The summed E-state index contributed by atoms with van der Waals surface area (Å²) in [5.74, 6) is 0.508. The number of rotatable bonds is 4. The molecule has 0 bridgehead atoms. The van der Waals surface area contributed by atoms with E-state index in [4.69, 9.17) is 0 Å². The molecule has 3 rings (SSSR count). The average Bonchev–Trinajstić information content (AvgIpc) is 2.99. The van der Waals surface area contributed by atoms with E-state index in [-0.39, 0.29) is 18.2 Å². The van der Waals surface area contributed by atoms with Gasteiger partial charge in [0, 0.05) is 36.0 Å². The first-order valence-electron chi connectivity index (χ1n) is 9.47. The number of aryl methyl sites for hydroxylation is 2. The van der Waals surface area contributed by atoms with Gasteiger partial charge in [-0.15, -0.1) is 0 Å². The first kappa shape index (κ1) is 20.3. The van der Waals surface area contributed by atoms with Gasteiger partial charge in [0.25, 0.3) is 5.91 Å². The fraction of sp³-hybridized carbons (Fsp3) is 0.304. The molecule has 1 heterocycles. The molecule has 0 atom stereocenters. The SMILES string of the molecule is CC1=CC(C)=C(CNC(=O)c2cc(C#N)cc(-n3c(C)cnc3C)c2C)C(=O)C1. The molecule has 6 nitrogen and oxygen atoms in total. The lowest BCUT2D eigenvalue weighted by atomic mass is 9.92. The molecule has 1 N–H and O–H groups in total. The van der Waals surface area contributed by atoms with Gasteiger partial charge < -0.3 is 9.88 Å². The van der Waals surface area contributed by atoms with Crippen LogP contribution in [0.1, 0.15) is 53.3 Å². The fourth-order valence-electron chi connectivity index (χ4n) is 3.74. The largest absolute Gasteiger partial charge is 0.348 e. The van der Waals surface area contributed by atoms with Crippen LogP contribution in [0.15, 0.2) is 41.1 Å². The molecule has 0 spiro atoms. The summed E-state index contributed by atoms with van der Waals surface area (Å²) < 4.78 is 1.93. The first-order chi connectivity index (χ1) is 13.7. The minimum atomic E-state index is -0.310. The van der Waals surface area contributed by atoms with Gasteiger partial charge in [-0.1, -0.05) is 11.6 Å². The van der Waals surface area contributed by atoms with Crippen LogP contribution in [-0.2, 0) is 4.79 Å². The van der Waals surface area contributed by atoms with E-state index in [1.807, 2.05) is 45.3 Å². The Bertz CT molecular complexity index is 1110. The number of amides is 1. The van der Waals surface area contributed by atoms with Gasteiger partial charge in [-0.05, 0) is 57.9 Å². The highest BCUT2D eigenvalue weighted by Crippen LogP contribution is 2.24. The standard InChI is InChI=1S/C23H24N4O2/c1-13-6-14(2)20(22(28)7-13)12-26-23(29)19-8-18(10-24)9-21(16(19)4)27-15(3)11-25-17(27)5/h6,8-9,11H,7,12H2,1-5H3,(H,26,29). The molecular weight excluding hydrogens is 364 g/mol. The summed E-state index contributed by atoms with van der Waals surface area (Å²) in [5, 5.41) is 12.3. The number of hydrogen-bond acceptors (Lipinski definition) is 4. The van der Waals surface area contributed by atoms with E-state index in [0.717, 1.165) is 33.9 Å². The monoisotopic (exact) mass is 388 g/mol. The Balaban J connectivity index is 1.96. The van der Waals surface area contributed by atoms with E-state index < -0.39 is 0 Å². The average molecular weight is 388 g/mol. The molecule has 0 unspecified atom stereocenters. The normalized spacial score (nSPS) is 13.9. The highest BCUT2D eigenvalue weighted by atomic mass is 16.2. The second-order valence-corrected chi connectivity index (χ2v) is 7.50. The van der Waals surface area contributed by atoms with E-state index in [0.29, 0.717) is 23.1 Å². The number of nitrogens with one attached hydrogen (secondary N) is 1. The number of allylic oxidation sites excluding steroid dienone is 3. The van der Waals surface area contributed by atoms with Crippen molar-refractivity contribution in [2.75, 3.05) is 6.54 Å². The highest BCUT2D eigenvalue weighted by molar-refractivity contribution is 6.02. The Kier molecular flexibility index (Phi) is 5.51. The Morgan fingerprint density at radius 1 is 1.24 bits per heavy atom.